The maximum absolute atomic E-state index is 11.9. The Bertz CT molecular complexity index is 584. The zero-order chi connectivity index (χ0) is 19.0. The molecule has 1 aliphatic heterocycles. The number of hydrogen-bond acceptors (Lipinski definition) is 2. The number of amides is 1. The molecule has 2 rings (SSSR count). The van der Waals surface area contributed by atoms with Gasteiger partial charge >= 0.3 is 0 Å². The summed E-state index contributed by atoms with van der Waals surface area (Å²) in [5.41, 5.74) is 1.09. The lowest BCUT2D eigenvalue weighted by Gasteiger charge is -2.34. The summed E-state index contributed by atoms with van der Waals surface area (Å²) in [6.45, 7) is 9.14. The zero-order valence-electron chi connectivity index (χ0n) is 16.7. The third-order valence-electron chi connectivity index (χ3n) is 4.87. The third kappa shape index (κ3) is 6.36. The molecule has 1 aromatic rings. The molecule has 2 N–H and O–H groups in total. The van der Waals surface area contributed by atoms with Crippen molar-refractivity contribution in [2.45, 2.75) is 40.0 Å². The van der Waals surface area contributed by atoms with E-state index in [9.17, 15) is 4.79 Å². The molecular formula is C21H34N4O. The second-order valence-electron chi connectivity index (χ2n) is 8.10. The number of carbonyl (C=O) groups excluding carboxylic acids is 1. The van der Waals surface area contributed by atoms with Crippen LogP contribution >= 0.6 is 0 Å². The van der Waals surface area contributed by atoms with Crippen LogP contribution in [0.25, 0.3) is 0 Å². The highest BCUT2D eigenvalue weighted by Gasteiger charge is 2.22. The summed E-state index contributed by atoms with van der Waals surface area (Å²) in [6.07, 6.45) is 3.55. The molecule has 1 aliphatic rings. The average molecular weight is 359 g/mol. The summed E-state index contributed by atoms with van der Waals surface area (Å²) in [6, 6.07) is 10.8. The van der Waals surface area contributed by atoms with E-state index in [0.717, 1.165) is 25.0 Å². The summed E-state index contributed by atoms with van der Waals surface area (Å²) < 4.78 is 0. The summed E-state index contributed by atoms with van der Waals surface area (Å²) in [4.78, 5) is 18.6. The molecule has 5 heteroatoms. The Morgan fingerprint density at radius 2 is 1.73 bits per heavy atom. The molecule has 0 radical (unpaired) electrons. The van der Waals surface area contributed by atoms with Crippen LogP contribution in [-0.4, -0.2) is 50.0 Å². The van der Waals surface area contributed by atoms with E-state index in [4.69, 9.17) is 0 Å². The minimum Gasteiger partial charge on any atom is -0.354 e. The highest BCUT2D eigenvalue weighted by Crippen LogP contribution is 2.21. The Morgan fingerprint density at radius 3 is 2.31 bits per heavy atom. The molecule has 144 valence electrons. The Morgan fingerprint density at radius 1 is 1.12 bits per heavy atom. The number of nitrogens with zero attached hydrogens (tertiary/aromatic N) is 2. The largest absolute Gasteiger partial charge is 0.354 e. The van der Waals surface area contributed by atoms with E-state index in [-0.39, 0.29) is 11.3 Å². The maximum atomic E-state index is 11.9. The molecule has 1 fully saturated rings. The Labute approximate surface area is 158 Å². The number of aliphatic imine (C=N–C) groups is 1. The van der Waals surface area contributed by atoms with Crippen LogP contribution in [-0.2, 0) is 11.2 Å². The Hall–Kier alpha value is -2.04. The van der Waals surface area contributed by atoms with E-state index in [1.165, 1.54) is 24.8 Å². The molecule has 1 amide bonds. The van der Waals surface area contributed by atoms with E-state index in [0.29, 0.717) is 13.1 Å². The van der Waals surface area contributed by atoms with E-state index >= 15 is 0 Å². The summed E-state index contributed by atoms with van der Waals surface area (Å²) in [7, 11) is 1.83. The van der Waals surface area contributed by atoms with E-state index in [1.807, 2.05) is 27.8 Å². The second-order valence-corrected chi connectivity index (χ2v) is 8.10. The fraction of sp³-hybridized carbons (Fsp3) is 0.619. The molecule has 0 unspecified atom stereocenters. The van der Waals surface area contributed by atoms with Crippen molar-refractivity contribution in [1.82, 2.24) is 15.5 Å². The minimum absolute atomic E-state index is 0.0796. The number of rotatable bonds is 5. The normalized spacial score (nSPS) is 16.5. The van der Waals surface area contributed by atoms with E-state index < -0.39 is 0 Å². The Kier molecular flexibility index (Phi) is 7.49. The van der Waals surface area contributed by atoms with Gasteiger partial charge in [-0.05, 0) is 30.7 Å². The predicted octanol–water partition coefficient (Wildman–Crippen LogP) is 2.68. The second kappa shape index (κ2) is 9.60. The molecule has 0 aromatic heterocycles. The highest BCUT2D eigenvalue weighted by atomic mass is 16.2. The number of hydrogen-bond donors (Lipinski definition) is 2. The number of benzene rings is 1. The molecule has 1 saturated heterocycles. The van der Waals surface area contributed by atoms with Gasteiger partial charge in [0.1, 0.15) is 0 Å². The topological polar surface area (TPSA) is 56.7 Å². The lowest BCUT2D eigenvalue weighted by Crippen LogP contribution is -2.48. The predicted molar refractivity (Wildman–Crippen MR) is 108 cm³/mol. The van der Waals surface area contributed by atoms with Crippen molar-refractivity contribution in [3.63, 3.8) is 0 Å². The molecule has 0 bridgehead atoms. The van der Waals surface area contributed by atoms with Gasteiger partial charge in [-0.25, -0.2) is 0 Å². The number of nitrogens with one attached hydrogen (secondary N) is 2. The van der Waals surface area contributed by atoms with Crippen LogP contribution in [0.2, 0.25) is 0 Å². The van der Waals surface area contributed by atoms with Crippen LogP contribution in [0.1, 0.15) is 39.2 Å². The van der Waals surface area contributed by atoms with E-state index in [2.05, 4.69) is 50.9 Å². The molecule has 1 aromatic carbocycles. The van der Waals surface area contributed by atoms with Gasteiger partial charge < -0.3 is 15.5 Å². The van der Waals surface area contributed by atoms with Crippen LogP contribution in [0.3, 0.4) is 0 Å². The van der Waals surface area contributed by atoms with Gasteiger partial charge in [-0.15, -0.1) is 0 Å². The zero-order valence-corrected chi connectivity index (χ0v) is 16.7. The van der Waals surface area contributed by atoms with Gasteiger partial charge in [0.05, 0.1) is 0 Å². The molecule has 0 saturated carbocycles. The van der Waals surface area contributed by atoms with Crippen molar-refractivity contribution in [2.24, 2.45) is 16.3 Å². The van der Waals surface area contributed by atoms with Gasteiger partial charge in [0.25, 0.3) is 0 Å². The van der Waals surface area contributed by atoms with Crippen LogP contribution in [0.15, 0.2) is 35.3 Å². The first-order chi connectivity index (χ1) is 12.4. The lowest BCUT2D eigenvalue weighted by atomic mass is 9.90. The first-order valence-corrected chi connectivity index (χ1v) is 9.68. The Balaban J connectivity index is 1.70. The van der Waals surface area contributed by atoms with Gasteiger partial charge in [0, 0.05) is 38.6 Å². The fourth-order valence-corrected chi connectivity index (χ4v) is 3.24. The summed E-state index contributed by atoms with van der Waals surface area (Å²) >= 11 is 0. The highest BCUT2D eigenvalue weighted by molar-refractivity contribution is 5.82. The summed E-state index contributed by atoms with van der Waals surface area (Å²) in [5, 5.41) is 6.34. The van der Waals surface area contributed by atoms with Crippen molar-refractivity contribution in [1.29, 1.82) is 0 Å². The average Bonchev–Trinajstić information content (AvgIpc) is 2.62. The van der Waals surface area contributed by atoms with Crippen LogP contribution in [0.4, 0.5) is 0 Å². The van der Waals surface area contributed by atoms with E-state index in [1.54, 1.807) is 0 Å². The van der Waals surface area contributed by atoms with Gasteiger partial charge in [-0.1, -0.05) is 51.1 Å². The molecule has 5 nitrogen and oxygen atoms in total. The van der Waals surface area contributed by atoms with Gasteiger partial charge in [-0.2, -0.15) is 0 Å². The van der Waals surface area contributed by atoms with Crippen molar-refractivity contribution in [2.75, 3.05) is 33.2 Å². The summed E-state index contributed by atoms with van der Waals surface area (Å²) in [5.74, 6) is 1.77. The van der Waals surface area contributed by atoms with Crippen LogP contribution in [0.5, 0.6) is 0 Å². The minimum atomic E-state index is -0.345. The fourth-order valence-electron chi connectivity index (χ4n) is 3.24. The lowest BCUT2D eigenvalue weighted by molar-refractivity contribution is -0.128. The van der Waals surface area contributed by atoms with Crippen molar-refractivity contribution >= 4 is 11.9 Å². The molecular weight excluding hydrogens is 324 g/mol. The molecule has 0 aliphatic carbocycles. The first-order valence-electron chi connectivity index (χ1n) is 9.68. The molecule has 26 heavy (non-hydrogen) atoms. The first kappa shape index (κ1) is 20.3. The van der Waals surface area contributed by atoms with Crippen LogP contribution in [0, 0.1) is 11.3 Å². The number of carbonyl (C=O) groups is 1. The monoisotopic (exact) mass is 358 g/mol. The van der Waals surface area contributed by atoms with Crippen molar-refractivity contribution in [3.8, 4) is 0 Å². The van der Waals surface area contributed by atoms with Gasteiger partial charge in [0.15, 0.2) is 5.96 Å². The smallest absolute Gasteiger partial charge is 0.225 e. The van der Waals surface area contributed by atoms with Gasteiger partial charge in [-0.3, -0.25) is 9.79 Å². The molecule has 0 atom stereocenters. The number of piperidine rings is 1. The third-order valence-corrected chi connectivity index (χ3v) is 4.87. The van der Waals surface area contributed by atoms with Crippen molar-refractivity contribution < 1.29 is 4.79 Å². The number of likely N-dealkylation sites (tertiary alicyclic amines) is 1. The quantitative estimate of drug-likeness (QED) is 0.483. The standard InChI is InChI=1S/C21H34N4O/c1-21(2,3)19(26)23-12-13-24-20(22-4)25-14-10-18(11-15-25)16-17-8-6-5-7-9-17/h5-9,18H,10-16H2,1-4H3,(H,22,24)(H,23,26). The number of guanidine groups is 1. The SMILES string of the molecule is CN=C(NCCNC(=O)C(C)(C)C)N1CCC(Cc2ccccc2)CC1. The van der Waals surface area contributed by atoms with Crippen molar-refractivity contribution in [3.05, 3.63) is 35.9 Å². The maximum Gasteiger partial charge on any atom is 0.225 e. The molecule has 0 spiro atoms. The van der Waals surface area contributed by atoms with Gasteiger partial charge in [0.2, 0.25) is 5.91 Å². The van der Waals surface area contributed by atoms with Crippen LogP contribution < -0.4 is 10.6 Å². The molecule has 1 heterocycles.